The molecule has 0 saturated carbocycles. The van der Waals surface area contributed by atoms with Crippen molar-refractivity contribution in [3.05, 3.63) is 0 Å². The molecule has 0 aliphatic carbocycles. The summed E-state index contributed by atoms with van der Waals surface area (Å²) in [6.45, 7) is 4.99. The zero-order chi connectivity index (χ0) is 26.2. The summed E-state index contributed by atoms with van der Waals surface area (Å²) in [6.07, 6.45) is 44.1. The highest BCUT2D eigenvalue weighted by molar-refractivity contribution is 4.61. The van der Waals surface area contributed by atoms with Gasteiger partial charge in [0.1, 0.15) is 0 Å². The first-order valence-corrected chi connectivity index (χ1v) is 17.5. The maximum absolute atomic E-state index is 9.47. The van der Waals surface area contributed by atoms with Gasteiger partial charge in [-0.05, 0) is 12.3 Å². The fourth-order valence-corrected chi connectivity index (χ4v) is 5.87. The van der Waals surface area contributed by atoms with Crippen LogP contribution in [0.15, 0.2) is 0 Å². The number of aliphatic hydroxyl groups excluding tert-OH is 1. The fraction of sp³-hybridized carbons (Fsp3) is 1.00. The van der Waals surface area contributed by atoms with Gasteiger partial charge >= 0.3 is 0 Å². The molecule has 0 rings (SSSR count). The Labute approximate surface area is 230 Å². The van der Waals surface area contributed by atoms with Crippen LogP contribution in [0.5, 0.6) is 0 Å². The molecule has 0 aromatic heterocycles. The molecule has 0 unspecified atom stereocenters. The van der Waals surface area contributed by atoms with Gasteiger partial charge in [0.2, 0.25) is 0 Å². The van der Waals surface area contributed by atoms with Gasteiger partial charge in [-0.1, -0.05) is 206 Å². The molecule has 0 fully saturated rings. The minimum Gasteiger partial charge on any atom is -0.396 e. The van der Waals surface area contributed by atoms with Crippen molar-refractivity contribution in [1.82, 2.24) is 0 Å². The van der Waals surface area contributed by atoms with E-state index in [0.29, 0.717) is 6.61 Å². The van der Waals surface area contributed by atoms with E-state index in [9.17, 15) is 5.11 Å². The summed E-state index contributed by atoms with van der Waals surface area (Å²) in [5, 5.41) is 9.47. The first kappa shape index (κ1) is 36.0. The molecule has 0 atom stereocenters. The average Bonchev–Trinajstić information content (AvgIpc) is 2.89. The number of unbranched alkanes of at least 4 members (excludes halogenated alkanes) is 26. The highest BCUT2D eigenvalue weighted by atomic mass is 16.3. The van der Waals surface area contributed by atoms with Crippen molar-refractivity contribution < 1.29 is 5.11 Å². The first-order chi connectivity index (χ1) is 17.8. The molecule has 0 spiro atoms. The van der Waals surface area contributed by atoms with E-state index in [1.165, 1.54) is 193 Å². The van der Waals surface area contributed by atoms with Crippen LogP contribution in [0.2, 0.25) is 0 Å². The van der Waals surface area contributed by atoms with Crippen LogP contribution >= 0.6 is 0 Å². The molecule has 218 valence electrons. The SMILES string of the molecule is CCCCCCCCCCCCCCCCC(CCO)CCCCCCCCCCCCCCCC. The summed E-state index contributed by atoms with van der Waals surface area (Å²) in [7, 11) is 0. The molecule has 36 heavy (non-hydrogen) atoms. The number of aliphatic hydroxyl groups is 1. The van der Waals surface area contributed by atoms with E-state index in [0.717, 1.165) is 12.3 Å². The van der Waals surface area contributed by atoms with Crippen LogP contribution < -0.4 is 0 Å². The van der Waals surface area contributed by atoms with E-state index in [1.54, 1.807) is 0 Å². The summed E-state index contributed by atoms with van der Waals surface area (Å²) in [6, 6.07) is 0. The van der Waals surface area contributed by atoms with Gasteiger partial charge < -0.3 is 5.11 Å². The summed E-state index contributed by atoms with van der Waals surface area (Å²) in [5.74, 6) is 0.782. The Morgan fingerprint density at radius 1 is 0.306 bits per heavy atom. The van der Waals surface area contributed by atoms with Crippen molar-refractivity contribution >= 4 is 0 Å². The van der Waals surface area contributed by atoms with Gasteiger partial charge in [-0.2, -0.15) is 0 Å². The van der Waals surface area contributed by atoms with E-state index in [-0.39, 0.29) is 0 Å². The Morgan fingerprint density at radius 3 is 0.750 bits per heavy atom. The third kappa shape index (κ3) is 30.2. The number of hydrogen-bond donors (Lipinski definition) is 1. The first-order valence-electron chi connectivity index (χ1n) is 17.5. The quantitative estimate of drug-likeness (QED) is 0.0895. The van der Waals surface area contributed by atoms with Gasteiger partial charge in [0.15, 0.2) is 0 Å². The second-order valence-electron chi connectivity index (χ2n) is 12.1. The lowest BCUT2D eigenvalue weighted by Gasteiger charge is -2.15. The fourth-order valence-electron chi connectivity index (χ4n) is 5.87. The molecule has 0 aromatic carbocycles. The van der Waals surface area contributed by atoms with Crippen molar-refractivity contribution in [1.29, 1.82) is 0 Å². The summed E-state index contributed by atoms with van der Waals surface area (Å²) < 4.78 is 0. The highest BCUT2D eigenvalue weighted by Gasteiger charge is 2.08. The van der Waals surface area contributed by atoms with Gasteiger partial charge in [-0.25, -0.2) is 0 Å². The second-order valence-corrected chi connectivity index (χ2v) is 12.1. The minimum atomic E-state index is 0.391. The van der Waals surface area contributed by atoms with Crippen LogP contribution in [0, 0.1) is 5.92 Å². The van der Waals surface area contributed by atoms with Gasteiger partial charge in [-0.3, -0.25) is 0 Å². The summed E-state index contributed by atoms with van der Waals surface area (Å²) in [5.41, 5.74) is 0. The van der Waals surface area contributed by atoms with Gasteiger partial charge in [-0.15, -0.1) is 0 Å². The maximum atomic E-state index is 9.47. The molecule has 0 saturated heterocycles. The molecule has 0 heterocycles. The van der Waals surface area contributed by atoms with E-state index in [4.69, 9.17) is 0 Å². The Balaban J connectivity index is 3.37. The third-order valence-corrected chi connectivity index (χ3v) is 8.47. The van der Waals surface area contributed by atoms with E-state index >= 15 is 0 Å². The van der Waals surface area contributed by atoms with Gasteiger partial charge in [0.25, 0.3) is 0 Å². The van der Waals surface area contributed by atoms with E-state index in [2.05, 4.69) is 13.8 Å². The van der Waals surface area contributed by atoms with Crippen molar-refractivity contribution in [3.8, 4) is 0 Å². The van der Waals surface area contributed by atoms with Crippen molar-refractivity contribution in [2.75, 3.05) is 6.61 Å². The zero-order valence-corrected chi connectivity index (χ0v) is 25.7. The monoisotopic (exact) mass is 509 g/mol. The minimum absolute atomic E-state index is 0.391. The normalized spacial score (nSPS) is 11.7. The molecular weight excluding hydrogens is 436 g/mol. The largest absolute Gasteiger partial charge is 0.396 e. The summed E-state index contributed by atoms with van der Waals surface area (Å²) in [4.78, 5) is 0. The van der Waals surface area contributed by atoms with Crippen molar-refractivity contribution in [3.63, 3.8) is 0 Å². The van der Waals surface area contributed by atoms with Crippen LogP contribution in [0.25, 0.3) is 0 Å². The standard InChI is InChI=1S/C35H72O/c1-3-5-7-9-11-13-15-17-19-21-23-25-27-29-31-35(33-34-36)32-30-28-26-24-22-20-18-16-14-12-10-8-6-4-2/h35-36H,3-34H2,1-2H3. The van der Waals surface area contributed by atoms with Crippen molar-refractivity contribution in [2.45, 2.75) is 213 Å². The van der Waals surface area contributed by atoms with Gasteiger partial charge in [0.05, 0.1) is 0 Å². The summed E-state index contributed by atoms with van der Waals surface area (Å²) >= 11 is 0. The number of hydrogen-bond acceptors (Lipinski definition) is 1. The molecular formula is C35H72O. The van der Waals surface area contributed by atoms with Crippen molar-refractivity contribution in [2.24, 2.45) is 5.92 Å². The topological polar surface area (TPSA) is 20.2 Å². The lowest BCUT2D eigenvalue weighted by Crippen LogP contribution is -2.03. The van der Waals surface area contributed by atoms with Gasteiger partial charge in [0, 0.05) is 6.61 Å². The predicted molar refractivity (Wildman–Crippen MR) is 165 cm³/mol. The predicted octanol–water partition coefficient (Wildman–Crippen LogP) is 12.7. The Morgan fingerprint density at radius 2 is 0.528 bits per heavy atom. The average molecular weight is 509 g/mol. The molecule has 0 bridgehead atoms. The maximum Gasteiger partial charge on any atom is 0.0433 e. The third-order valence-electron chi connectivity index (χ3n) is 8.47. The highest BCUT2D eigenvalue weighted by Crippen LogP contribution is 2.22. The Kier molecular flexibility index (Phi) is 33.0. The molecule has 0 amide bonds. The molecule has 0 aliphatic rings. The lowest BCUT2D eigenvalue weighted by molar-refractivity contribution is 0.241. The Hall–Kier alpha value is -0.0400. The Bertz CT molecular complexity index is 334. The molecule has 0 aromatic rings. The van der Waals surface area contributed by atoms with E-state index < -0.39 is 0 Å². The van der Waals surface area contributed by atoms with Crippen LogP contribution in [0.4, 0.5) is 0 Å². The molecule has 1 nitrogen and oxygen atoms in total. The lowest BCUT2D eigenvalue weighted by atomic mass is 9.91. The molecule has 0 radical (unpaired) electrons. The van der Waals surface area contributed by atoms with Crippen LogP contribution in [-0.4, -0.2) is 11.7 Å². The number of rotatable bonds is 32. The molecule has 1 heteroatoms. The van der Waals surface area contributed by atoms with Crippen LogP contribution in [0.3, 0.4) is 0 Å². The van der Waals surface area contributed by atoms with E-state index in [1.807, 2.05) is 0 Å². The molecule has 0 aliphatic heterocycles. The van der Waals surface area contributed by atoms with Crippen LogP contribution in [0.1, 0.15) is 213 Å². The zero-order valence-electron chi connectivity index (χ0n) is 25.7. The second kappa shape index (κ2) is 33.0. The van der Waals surface area contributed by atoms with Crippen LogP contribution in [-0.2, 0) is 0 Å². The smallest absolute Gasteiger partial charge is 0.0433 e. The molecule has 1 N–H and O–H groups in total.